The van der Waals surface area contributed by atoms with Gasteiger partial charge in [0.2, 0.25) is 5.91 Å². The van der Waals surface area contributed by atoms with Crippen molar-refractivity contribution in [1.82, 2.24) is 19.4 Å². The first kappa shape index (κ1) is 28.7. The van der Waals surface area contributed by atoms with E-state index in [0.717, 1.165) is 41.9 Å². The molecule has 2 fully saturated rings. The van der Waals surface area contributed by atoms with Crippen molar-refractivity contribution in [1.29, 1.82) is 0 Å². The van der Waals surface area contributed by atoms with Crippen LogP contribution in [0.15, 0.2) is 40.1 Å². The van der Waals surface area contributed by atoms with Gasteiger partial charge >= 0.3 is 5.69 Å². The van der Waals surface area contributed by atoms with Crippen LogP contribution in [-0.4, -0.2) is 44.2 Å². The number of pyridine rings is 1. The Morgan fingerprint density at radius 2 is 1.82 bits per heavy atom. The van der Waals surface area contributed by atoms with Gasteiger partial charge < -0.3 is 10.1 Å². The number of hydrogen-bond acceptors (Lipinski definition) is 6. The first-order valence-electron chi connectivity index (χ1n) is 13.9. The largest absolute Gasteiger partial charge is 0.493 e. The van der Waals surface area contributed by atoms with Gasteiger partial charge in [0.25, 0.3) is 5.56 Å². The van der Waals surface area contributed by atoms with Crippen LogP contribution in [0.4, 0.5) is 4.39 Å². The van der Waals surface area contributed by atoms with Gasteiger partial charge in [0.1, 0.15) is 17.2 Å². The average Bonchev–Trinajstić information content (AvgIpc) is 2.94. The van der Waals surface area contributed by atoms with Gasteiger partial charge in [-0.2, -0.15) is 11.8 Å². The molecule has 1 N–H and O–H groups in total. The summed E-state index contributed by atoms with van der Waals surface area (Å²) >= 11 is 7.82. The number of nitrogens with one attached hydrogen (secondary N) is 1. The second kappa shape index (κ2) is 12.8. The molecule has 1 saturated heterocycles. The minimum atomic E-state index is -0.597. The number of hydrogen-bond donors (Lipinski definition) is 1. The number of rotatable bonds is 8. The maximum absolute atomic E-state index is 14.1. The molecule has 0 atom stereocenters. The zero-order valence-electron chi connectivity index (χ0n) is 22.5. The molecule has 5 rings (SSSR count). The molecule has 40 heavy (non-hydrogen) atoms. The molecule has 1 aliphatic carbocycles. The second-order valence-corrected chi connectivity index (χ2v) is 12.3. The van der Waals surface area contributed by atoms with Gasteiger partial charge in [0.15, 0.2) is 0 Å². The molecule has 0 unspecified atom stereocenters. The van der Waals surface area contributed by atoms with Crippen LogP contribution in [-0.2, 0) is 4.79 Å². The summed E-state index contributed by atoms with van der Waals surface area (Å²) in [4.78, 5) is 43.9. The zero-order valence-corrected chi connectivity index (χ0v) is 24.1. The van der Waals surface area contributed by atoms with Crippen molar-refractivity contribution >= 4 is 40.3 Å². The molecule has 1 aromatic carbocycles. The average molecular weight is 589 g/mol. The van der Waals surface area contributed by atoms with E-state index in [1.165, 1.54) is 10.6 Å². The number of benzene rings is 1. The lowest BCUT2D eigenvalue weighted by Gasteiger charge is -2.31. The van der Waals surface area contributed by atoms with Gasteiger partial charge in [-0.3, -0.25) is 18.7 Å². The lowest BCUT2D eigenvalue weighted by atomic mass is 9.90. The molecule has 0 spiro atoms. The summed E-state index contributed by atoms with van der Waals surface area (Å²) in [5.41, 5.74) is 0.361. The monoisotopic (exact) mass is 588 g/mol. The highest BCUT2D eigenvalue weighted by Crippen LogP contribution is 2.30. The number of nitrogens with zero attached hydrogens (tertiary/aromatic N) is 3. The summed E-state index contributed by atoms with van der Waals surface area (Å²) < 4.78 is 22.8. The molecule has 214 valence electrons. The smallest absolute Gasteiger partial charge is 0.333 e. The van der Waals surface area contributed by atoms with Gasteiger partial charge in [0, 0.05) is 29.6 Å². The number of fused-ring (bicyclic) bond motifs is 1. The van der Waals surface area contributed by atoms with Gasteiger partial charge in [-0.15, -0.1) is 0 Å². The van der Waals surface area contributed by atoms with Crippen LogP contribution in [0.3, 0.4) is 0 Å². The summed E-state index contributed by atoms with van der Waals surface area (Å²) in [6.07, 6.45) is 6.07. The van der Waals surface area contributed by atoms with Crippen LogP contribution >= 0.6 is 23.4 Å². The molecular weight excluding hydrogens is 555 g/mol. The van der Waals surface area contributed by atoms with Crippen molar-refractivity contribution in [3.63, 3.8) is 0 Å². The van der Waals surface area contributed by atoms with Crippen LogP contribution in [0, 0.1) is 12.7 Å². The maximum atomic E-state index is 14.1. The molecule has 8 nitrogen and oxygen atoms in total. The molecule has 3 heterocycles. The number of carbonyl (C=O) groups excluding carboxylic acids is 1. The molecule has 1 saturated carbocycles. The molecule has 11 heteroatoms. The molecule has 0 radical (unpaired) electrons. The van der Waals surface area contributed by atoms with Crippen molar-refractivity contribution in [3.05, 3.63) is 67.7 Å². The Morgan fingerprint density at radius 3 is 2.55 bits per heavy atom. The SMILES string of the molecule is Cc1cc(Cl)ccc1OCCCC(=O)N[C@H]1CC[C@@H](n2c(=O)c3cc(F)cnc3n(C3CCSCC3)c2=O)CC1. The van der Waals surface area contributed by atoms with E-state index in [-0.39, 0.29) is 40.8 Å². The van der Waals surface area contributed by atoms with E-state index in [4.69, 9.17) is 16.3 Å². The number of aromatic nitrogens is 3. The molecule has 2 aromatic heterocycles. The summed E-state index contributed by atoms with van der Waals surface area (Å²) in [5.74, 6) is 1.97. The van der Waals surface area contributed by atoms with E-state index in [2.05, 4.69) is 10.3 Å². The van der Waals surface area contributed by atoms with Gasteiger partial charge in [-0.1, -0.05) is 11.6 Å². The Kier molecular flexibility index (Phi) is 9.15. The third-order valence-electron chi connectivity index (χ3n) is 7.85. The number of amides is 1. The Morgan fingerprint density at radius 1 is 1.10 bits per heavy atom. The molecule has 2 aliphatic rings. The number of ether oxygens (including phenoxy) is 1. The maximum Gasteiger partial charge on any atom is 0.333 e. The normalized spacial score (nSPS) is 20.0. The van der Waals surface area contributed by atoms with E-state index in [0.29, 0.717) is 50.2 Å². The van der Waals surface area contributed by atoms with Crippen molar-refractivity contribution in [2.45, 2.75) is 76.4 Å². The third kappa shape index (κ3) is 6.38. The Bertz CT molecular complexity index is 1500. The fourth-order valence-electron chi connectivity index (χ4n) is 5.77. The van der Waals surface area contributed by atoms with Crippen LogP contribution < -0.4 is 21.3 Å². The molecule has 0 bridgehead atoms. The topological polar surface area (TPSA) is 95.2 Å². The Hall–Kier alpha value is -2.85. The van der Waals surface area contributed by atoms with Crippen molar-refractivity contribution in [3.8, 4) is 5.75 Å². The highest BCUT2D eigenvalue weighted by molar-refractivity contribution is 7.99. The van der Waals surface area contributed by atoms with E-state index >= 15 is 0 Å². The lowest BCUT2D eigenvalue weighted by Crippen LogP contribution is -2.46. The predicted molar refractivity (Wildman–Crippen MR) is 156 cm³/mol. The summed E-state index contributed by atoms with van der Waals surface area (Å²) in [6.45, 7) is 2.35. The number of carbonyl (C=O) groups is 1. The summed E-state index contributed by atoms with van der Waals surface area (Å²) in [5, 5.41) is 3.89. The first-order valence-corrected chi connectivity index (χ1v) is 15.4. The Labute approximate surface area is 241 Å². The highest BCUT2D eigenvalue weighted by Gasteiger charge is 2.29. The lowest BCUT2D eigenvalue weighted by molar-refractivity contribution is -0.122. The fourth-order valence-corrected chi connectivity index (χ4v) is 7.08. The van der Waals surface area contributed by atoms with Crippen LogP contribution in [0.1, 0.15) is 69.0 Å². The number of halogens is 2. The van der Waals surface area contributed by atoms with Gasteiger partial charge in [-0.25, -0.2) is 14.2 Å². The van der Waals surface area contributed by atoms with E-state index in [1.54, 1.807) is 10.6 Å². The standard InChI is InChI=1S/C29H34ClFN4O4S/c1-18-15-19(30)4-9-25(18)39-12-2-3-26(36)33-21-5-7-22(8-6-21)35-28(37)24-16-20(31)17-32-27(24)34(29(35)38)23-10-13-40-14-11-23/h4,9,15-17,21-23H,2-3,5-8,10-14H2,1H3,(H,33,36)/t21-,22+. The zero-order chi connectivity index (χ0) is 28.2. The number of thioether (sulfide) groups is 1. The quantitative estimate of drug-likeness (QED) is 0.364. The van der Waals surface area contributed by atoms with Crippen LogP contribution in [0.2, 0.25) is 5.02 Å². The molecule has 3 aromatic rings. The van der Waals surface area contributed by atoms with Crippen molar-refractivity contribution in [2.75, 3.05) is 18.1 Å². The predicted octanol–water partition coefficient (Wildman–Crippen LogP) is 5.19. The van der Waals surface area contributed by atoms with E-state index in [1.807, 2.05) is 30.8 Å². The minimum Gasteiger partial charge on any atom is -0.493 e. The minimum absolute atomic E-state index is 0.0176. The summed E-state index contributed by atoms with van der Waals surface area (Å²) in [7, 11) is 0. The van der Waals surface area contributed by atoms with E-state index in [9.17, 15) is 18.8 Å². The van der Waals surface area contributed by atoms with Gasteiger partial charge in [0.05, 0.1) is 18.2 Å². The highest BCUT2D eigenvalue weighted by atomic mass is 35.5. The molecule has 1 amide bonds. The Balaban J connectivity index is 1.21. The summed E-state index contributed by atoms with van der Waals surface area (Å²) in [6, 6.07) is 6.25. The van der Waals surface area contributed by atoms with Crippen molar-refractivity contribution < 1.29 is 13.9 Å². The van der Waals surface area contributed by atoms with Crippen molar-refractivity contribution in [2.24, 2.45) is 0 Å². The van der Waals surface area contributed by atoms with Crippen LogP contribution in [0.25, 0.3) is 11.0 Å². The fraction of sp³-hybridized carbons (Fsp3) is 0.517. The molecule has 1 aliphatic heterocycles. The molecular formula is C29H34ClFN4O4S. The van der Waals surface area contributed by atoms with Gasteiger partial charge in [-0.05, 0) is 93.2 Å². The number of aryl methyl sites for hydroxylation is 1. The van der Waals surface area contributed by atoms with E-state index < -0.39 is 11.4 Å². The first-order chi connectivity index (χ1) is 19.3. The third-order valence-corrected chi connectivity index (χ3v) is 9.13. The van der Waals surface area contributed by atoms with Crippen LogP contribution in [0.5, 0.6) is 5.75 Å². The second-order valence-electron chi connectivity index (χ2n) is 10.6.